The number of nitrogens with zero attached hydrogens (tertiary/aromatic N) is 8. The highest BCUT2D eigenvalue weighted by molar-refractivity contribution is 8.00. The van der Waals surface area contributed by atoms with Gasteiger partial charge in [0, 0.05) is 29.1 Å². The highest BCUT2D eigenvalue weighted by Gasteiger charge is 2.55. The van der Waals surface area contributed by atoms with Gasteiger partial charge in [-0.2, -0.15) is 9.36 Å². The maximum Gasteiger partial charge on any atom is 0.414 e. The Morgan fingerprint density at radius 1 is 1.07 bits per heavy atom. The zero-order valence-electron chi connectivity index (χ0n) is 32.8. The van der Waals surface area contributed by atoms with E-state index in [1.807, 2.05) is 45.7 Å². The fourth-order valence-electron chi connectivity index (χ4n) is 6.22. The van der Waals surface area contributed by atoms with Crippen molar-refractivity contribution >= 4 is 69.2 Å². The van der Waals surface area contributed by atoms with Gasteiger partial charge in [0.1, 0.15) is 53.7 Å². The van der Waals surface area contributed by atoms with E-state index in [9.17, 15) is 19.2 Å². The first-order chi connectivity index (χ1) is 28.4. The third-order valence-electron chi connectivity index (χ3n) is 8.87. The van der Waals surface area contributed by atoms with Crippen LogP contribution in [0.4, 0.5) is 9.93 Å². The molecule has 0 aliphatic carbocycles. The van der Waals surface area contributed by atoms with Gasteiger partial charge in [-0.15, -0.1) is 11.8 Å². The Bertz CT molecular complexity index is 2430. The highest BCUT2D eigenvalue weighted by Crippen LogP contribution is 2.41. The van der Waals surface area contributed by atoms with Crippen LogP contribution in [0.3, 0.4) is 0 Å². The van der Waals surface area contributed by atoms with Crippen molar-refractivity contribution in [2.75, 3.05) is 24.8 Å². The van der Waals surface area contributed by atoms with E-state index < -0.39 is 40.9 Å². The molecule has 0 spiro atoms. The molecular weight excluding hydrogens is 801 g/mol. The lowest BCUT2D eigenvalue weighted by Gasteiger charge is -2.49. The summed E-state index contributed by atoms with van der Waals surface area (Å²) in [6.07, 6.45) is 4.60. The summed E-state index contributed by atoms with van der Waals surface area (Å²) in [7, 11) is 1.56. The third kappa shape index (κ3) is 9.33. The molecule has 1 aromatic carbocycles. The zero-order chi connectivity index (χ0) is 41.7. The maximum atomic E-state index is 14.1. The van der Waals surface area contributed by atoms with E-state index in [-0.39, 0.29) is 42.1 Å². The molecule has 3 amide bonds. The Hall–Kier alpha value is -6.41. The van der Waals surface area contributed by atoms with Gasteiger partial charge >= 0.3 is 17.7 Å². The van der Waals surface area contributed by atoms with Gasteiger partial charge in [0.15, 0.2) is 0 Å². The molecule has 1 fully saturated rings. The van der Waals surface area contributed by atoms with Gasteiger partial charge in [0.05, 0.1) is 25.5 Å². The third-order valence-corrected chi connectivity index (χ3v) is 10.8. The largest absolute Gasteiger partial charge is 0.497 e. The lowest BCUT2D eigenvalue weighted by Crippen LogP contribution is -2.71. The first kappa shape index (κ1) is 40.8. The number of nitrogens with one attached hydrogen (secondary N) is 2. The normalized spacial score (nSPS) is 16.6. The van der Waals surface area contributed by atoms with Gasteiger partial charge in [-0.1, -0.05) is 23.4 Å². The van der Waals surface area contributed by atoms with Gasteiger partial charge < -0.3 is 24.4 Å². The van der Waals surface area contributed by atoms with E-state index in [2.05, 4.69) is 30.1 Å². The van der Waals surface area contributed by atoms with E-state index in [0.717, 1.165) is 28.3 Å². The Morgan fingerprint density at radius 2 is 1.88 bits per heavy atom. The topological polar surface area (TPSA) is 205 Å². The molecule has 20 heteroatoms. The quantitative estimate of drug-likeness (QED) is 0.0538. The molecule has 0 saturated carbocycles. The fraction of sp³-hybridized carbons (Fsp3) is 0.333. The Balaban J connectivity index is 1.13. The monoisotopic (exact) mass is 841 g/mol. The Kier molecular flexibility index (Phi) is 12.2. The van der Waals surface area contributed by atoms with Crippen LogP contribution in [-0.4, -0.2) is 94.9 Å². The van der Waals surface area contributed by atoms with Gasteiger partial charge in [0.2, 0.25) is 23.0 Å². The summed E-state index contributed by atoms with van der Waals surface area (Å²) in [4.78, 5) is 74.1. The molecule has 2 aliphatic rings. The second kappa shape index (κ2) is 17.6. The van der Waals surface area contributed by atoms with Crippen molar-refractivity contribution in [2.45, 2.75) is 64.4 Å². The molecule has 2 unspecified atom stereocenters. The van der Waals surface area contributed by atoms with Crippen LogP contribution in [0.1, 0.15) is 44.8 Å². The van der Waals surface area contributed by atoms with Gasteiger partial charge in [-0.05, 0) is 74.6 Å². The van der Waals surface area contributed by atoms with Gasteiger partial charge in [-0.25, -0.2) is 14.2 Å². The van der Waals surface area contributed by atoms with Crippen LogP contribution < -0.4 is 19.9 Å². The number of anilines is 1. The summed E-state index contributed by atoms with van der Waals surface area (Å²) in [5.74, 6) is -1.15. The molecule has 1 saturated heterocycles. The van der Waals surface area contributed by atoms with Crippen LogP contribution in [0, 0.1) is 0 Å². The lowest BCUT2D eigenvalue weighted by molar-refractivity contribution is -0.664. The number of amides is 3. The molecule has 306 valence electrons. The molecule has 0 bridgehead atoms. The molecule has 2 N–H and O–H groups in total. The highest BCUT2D eigenvalue weighted by atomic mass is 32.2. The number of ether oxygens (including phenoxy) is 3. The number of aromatic nitrogens is 6. The van der Waals surface area contributed by atoms with Crippen molar-refractivity contribution in [3.63, 3.8) is 0 Å². The molecule has 2 aliphatic heterocycles. The van der Waals surface area contributed by atoms with Crippen molar-refractivity contribution < 1.29 is 42.8 Å². The molecule has 7 rings (SSSR count). The van der Waals surface area contributed by atoms with E-state index in [1.165, 1.54) is 16.7 Å². The summed E-state index contributed by atoms with van der Waals surface area (Å²) in [6, 6.07) is 15.7. The fourth-order valence-corrected chi connectivity index (χ4v) is 8.11. The number of esters is 1. The van der Waals surface area contributed by atoms with Gasteiger partial charge in [0.25, 0.3) is 11.8 Å². The van der Waals surface area contributed by atoms with Crippen LogP contribution in [0.25, 0.3) is 11.2 Å². The average molecular weight is 842 g/mol. The molecule has 59 heavy (non-hydrogen) atoms. The molecular formula is C39H41N10O8S2+. The molecule has 4 aromatic heterocycles. The number of carbonyl (C=O) groups is 4. The number of fused-ring (bicyclic) bond motifs is 2. The molecule has 0 radical (unpaired) electrons. The van der Waals surface area contributed by atoms with Crippen LogP contribution >= 0.6 is 23.3 Å². The van der Waals surface area contributed by atoms with Crippen molar-refractivity contribution in [3.05, 3.63) is 102 Å². The number of carbonyl (C=O) groups excluding carboxylic acids is 4. The SMILES string of the molecule is CCON=C(C(=O)NC1C(=O)N2C(C(=O)OCc3ccc(OC)cc3)=C(C[n+]3cccc4c3ncn4Cc3ccccn3)CSC12)c1nsc(NC(=O)OC(C)(C)C)n1. The smallest absolute Gasteiger partial charge is 0.414 e. The molecule has 2 atom stereocenters. The van der Waals surface area contributed by atoms with E-state index in [4.69, 9.17) is 24.0 Å². The van der Waals surface area contributed by atoms with Crippen molar-refractivity contribution in [2.24, 2.45) is 5.16 Å². The number of β-lactam (4-membered cyclic amide) rings is 1. The lowest BCUT2D eigenvalue weighted by atomic mass is 10.0. The second-order valence-electron chi connectivity index (χ2n) is 14.2. The van der Waals surface area contributed by atoms with Crippen LogP contribution in [-0.2, 0) is 48.4 Å². The Labute approximate surface area is 346 Å². The number of imidazole rings is 1. The Morgan fingerprint density at radius 3 is 2.61 bits per heavy atom. The number of benzene rings is 1. The van der Waals surface area contributed by atoms with Crippen molar-refractivity contribution in [1.29, 1.82) is 0 Å². The van der Waals surface area contributed by atoms with E-state index in [0.29, 0.717) is 29.3 Å². The van der Waals surface area contributed by atoms with Crippen LogP contribution in [0.5, 0.6) is 5.75 Å². The standard InChI is InChI=1S/C39H40N10O8S2/c1-6-56-45-28(31-43-37(59-46-31)44-38(53)57-39(2,3)4)33(50)42-29-34(51)49-30(36(52)55-20-23-12-14-26(54-5)15-13-23)24(21-58-35(29)49)18-47-17-9-11-27-32(47)41-22-48(27)19-25-10-7-8-16-40-25/h7-17,22,29,35H,6,18-21H2,1-5H3,(H-,42,43,44,46,50,53)/p+1. The maximum absolute atomic E-state index is 14.1. The number of methoxy groups -OCH3 is 1. The predicted molar refractivity (Wildman–Crippen MR) is 216 cm³/mol. The summed E-state index contributed by atoms with van der Waals surface area (Å²) >= 11 is 2.20. The minimum absolute atomic E-state index is 0.0526. The minimum Gasteiger partial charge on any atom is -0.497 e. The van der Waals surface area contributed by atoms with Gasteiger partial charge in [-0.3, -0.25) is 29.4 Å². The summed E-state index contributed by atoms with van der Waals surface area (Å²) < 4.78 is 24.4. The number of hydrogen-bond acceptors (Lipinski definition) is 15. The number of pyridine rings is 2. The van der Waals surface area contributed by atoms with Crippen LogP contribution in [0.15, 0.2) is 89.7 Å². The molecule has 5 aromatic rings. The zero-order valence-corrected chi connectivity index (χ0v) is 34.4. The molecule has 6 heterocycles. The van der Waals surface area contributed by atoms with Crippen molar-refractivity contribution in [1.82, 2.24) is 34.1 Å². The number of thioether (sulfide) groups is 1. The minimum atomic E-state index is -1.04. The average Bonchev–Trinajstić information content (AvgIpc) is 3.86. The number of hydrogen-bond donors (Lipinski definition) is 2. The number of oxime groups is 1. The summed E-state index contributed by atoms with van der Waals surface area (Å²) in [6.45, 7) is 7.65. The van der Waals surface area contributed by atoms with E-state index >= 15 is 0 Å². The second-order valence-corrected chi connectivity index (χ2v) is 16.0. The van der Waals surface area contributed by atoms with Crippen LogP contribution in [0.2, 0.25) is 0 Å². The van der Waals surface area contributed by atoms with Crippen molar-refractivity contribution in [3.8, 4) is 5.75 Å². The predicted octanol–water partition coefficient (Wildman–Crippen LogP) is 3.81. The van der Waals surface area contributed by atoms with E-state index in [1.54, 1.807) is 71.6 Å². The summed E-state index contributed by atoms with van der Waals surface area (Å²) in [5, 5.41) is 8.55. The number of rotatable bonds is 14. The summed E-state index contributed by atoms with van der Waals surface area (Å²) in [5.41, 5.74) is 2.80. The molecule has 18 nitrogen and oxygen atoms in total. The first-order valence-corrected chi connectivity index (χ1v) is 20.3. The first-order valence-electron chi connectivity index (χ1n) is 18.5.